The predicted molar refractivity (Wildman–Crippen MR) is 122 cm³/mol. The second-order valence-electron chi connectivity index (χ2n) is 7.42. The van der Waals surface area contributed by atoms with Gasteiger partial charge in [0.2, 0.25) is 5.95 Å². The molecule has 0 amide bonds. The molecule has 1 fully saturated rings. The highest BCUT2D eigenvalue weighted by Gasteiger charge is 2.20. The number of benzene rings is 1. The fourth-order valence-electron chi connectivity index (χ4n) is 3.60. The van der Waals surface area contributed by atoms with Gasteiger partial charge in [-0.05, 0) is 50.5 Å². The van der Waals surface area contributed by atoms with Crippen LogP contribution in [-0.4, -0.2) is 40.6 Å². The van der Waals surface area contributed by atoms with Crippen LogP contribution in [0.25, 0.3) is 11.1 Å². The Morgan fingerprint density at radius 3 is 2.75 bits per heavy atom. The zero-order valence-electron chi connectivity index (χ0n) is 17.6. The van der Waals surface area contributed by atoms with Crippen LogP contribution >= 0.6 is 11.6 Å². The van der Waals surface area contributed by atoms with Crippen LogP contribution in [0.15, 0.2) is 42.9 Å². The summed E-state index contributed by atoms with van der Waals surface area (Å²) in [5.74, 6) is 0.204. The summed E-state index contributed by atoms with van der Waals surface area (Å²) in [6.07, 6.45) is 8.19. The van der Waals surface area contributed by atoms with Crippen LogP contribution in [-0.2, 0) is 4.74 Å². The maximum absolute atomic E-state index is 13.5. The highest BCUT2D eigenvalue weighted by atomic mass is 35.5. The highest BCUT2D eigenvalue weighted by Crippen LogP contribution is 2.32. The Morgan fingerprint density at radius 2 is 2.00 bits per heavy atom. The van der Waals surface area contributed by atoms with Crippen molar-refractivity contribution >= 4 is 35.0 Å². The van der Waals surface area contributed by atoms with Crippen LogP contribution in [0.3, 0.4) is 0 Å². The maximum Gasteiger partial charge on any atom is 0.339 e. The monoisotopic (exact) mass is 455 g/mol. The minimum absolute atomic E-state index is 0.0183. The number of esters is 1. The first kappa shape index (κ1) is 22.0. The number of hydrogen-bond donors (Lipinski definition) is 1. The second-order valence-corrected chi connectivity index (χ2v) is 7.82. The molecule has 0 saturated carbocycles. The largest absolute Gasteiger partial charge is 0.462 e. The number of rotatable bonds is 6. The molecule has 9 heteroatoms. The standard InChI is InChI=1S/C23H23ClFN5O2/c1-2-32-22(31)16-10-15(12-26-13-16)18-14-27-23(28-17-6-7-20(25)19(24)11-17)29-21(18)30-8-4-3-5-9-30/h6-7,10-14H,2-5,8-9H2,1H3,(H,27,28,29). The van der Waals surface area contributed by atoms with Crippen molar-refractivity contribution in [3.8, 4) is 11.1 Å². The Morgan fingerprint density at radius 1 is 1.19 bits per heavy atom. The van der Waals surface area contributed by atoms with E-state index in [2.05, 4.69) is 20.2 Å². The number of aromatic nitrogens is 3. The normalized spacial score (nSPS) is 13.7. The molecule has 4 rings (SSSR count). The van der Waals surface area contributed by atoms with Crippen LogP contribution in [0, 0.1) is 5.82 Å². The van der Waals surface area contributed by atoms with Crippen LogP contribution in [0.4, 0.5) is 21.8 Å². The second kappa shape index (κ2) is 9.91. The summed E-state index contributed by atoms with van der Waals surface area (Å²) in [6, 6.07) is 6.09. The predicted octanol–water partition coefficient (Wildman–Crippen LogP) is 5.24. The zero-order chi connectivity index (χ0) is 22.5. The fraction of sp³-hybridized carbons (Fsp3) is 0.304. The molecule has 32 heavy (non-hydrogen) atoms. The summed E-state index contributed by atoms with van der Waals surface area (Å²) in [4.78, 5) is 27.8. The summed E-state index contributed by atoms with van der Waals surface area (Å²) in [5, 5.41) is 3.11. The van der Waals surface area contributed by atoms with Gasteiger partial charge in [0.25, 0.3) is 0 Å². The molecular formula is C23H23ClFN5O2. The van der Waals surface area contributed by atoms with Crippen LogP contribution in [0.5, 0.6) is 0 Å². The van der Waals surface area contributed by atoms with Crippen molar-refractivity contribution in [2.24, 2.45) is 0 Å². The molecule has 0 spiro atoms. The summed E-state index contributed by atoms with van der Waals surface area (Å²) >= 11 is 5.89. The third kappa shape index (κ3) is 4.96. The number of halogens is 2. The van der Waals surface area contributed by atoms with Gasteiger partial charge >= 0.3 is 5.97 Å². The summed E-state index contributed by atoms with van der Waals surface area (Å²) < 4.78 is 18.6. The van der Waals surface area contributed by atoms with Gasteiger partial charge in [0.15, 0.2) is 0 Å². The number of ether oxygens (including phenoxy) is 1. The number of nitrogens with one attached hydrogen (secondary N) is 1. The number of carbonyl (C=O) groups excluding carboxylic acids is 1. The first-order valence-electron chi connectivity index (χ1n) is 10.5. The van der Waals surface area contributed by atoms with Gasteiger partial charge in [0.1, 0.15) is 11.6 Å². The van der Waals surface area contributed by atoms with E-state index in [1.165, 1.54) is 24.8 Å². The first-order valence-corrected chi connectivity index (χ1v) is 10.9. The van der Waals surface area contributed by atoms with Crippen molar-refractivity contribution in [3.63, 3.8) is 0 Å². The van der Waals surface area contributed by atoms with Crippen molar-refractivity contribution in [1.29, 1.82) is 0 Å². The van der Waals surface area contributed by atoms with Crippen LogP contribution < -0.4 is 10.2 Å². The molecule has 0 bridgehead atoms. The van der Waals surface area contributed by atoms with Crippen molar-refractivity contribution in [1.82, 2.24) is 15.0 Å². The molecule has 1 saturated heterocycles. The zero-order valence-corrected chi connectivity index (χ0v) is 18.4. The summed E-state index contributed by atoms with van der Waals surface area (Å²) in [7, 11) is 0. The van der Waals surface area contributed by atoms with Crippen molar-refractivity contribution < 1.29 is 13.9 Å². The minimum Gasteiger partial charge on any atom is -0.462 e. The molecule has 0 radical (unpaired) electrons. The van der Waals surface area contributed by atoms with Gasteiger partial charge in [-0.15, -0.1) is 0 Å². The Labute approximate surface area is 190 Å². The topological polar surface area (TPSA) is 80.2 Å². The van der Waals surface area contributed by atoms with E-state index in [4.69, 9.17) is 21.3 Å². The van der Waals surface area contributed by atoms with E-state index >= 15 is 0 Å². The Bertz CT molecular complexity index is 1120. The van der Waals surface area contributed by atoms with Crippen LogP contribution in [0.1, 0.15) is 36.5 Å². The molecule has 1 aromatic carbocycles. The average molecular weight is 456 g/mol. The summed E-state index contributed by atoms with van der Waals surface area (Å²) in [6.45, 7) is 3.80. The molecule has 3 aromatic rings. The van der Waals surface area contributed by atoms with E-state index in [-0.39, 0.29) is 5.02 Å². The van der Waals surface area contributed by atoms with E-state index in [0.29, 0.717) is 23.8 Å². The van der Waals surface area contributed by atoms with E-state index in [1.807, 2.05) is 0 Å². The number of pyridine rings is 1. The van der Waals surface area contributed by atoms with Crippen molar-refractivity contribution in [2.75, 3.05) is 29.9 Å². The van der Waals surface area contributed by atoms with Gasteiger partial charge in [-0.2, -0.15) is 4.98 Å². The molecule has 1 N–H and O–H groups in total. The van der Waals surface area contributed by atoms with E-state index in [0.717, 1.165) is 42.9 Å². The van der Waals surface area contributed by atoms with E-state index < -0.39 is 11.8 Å². The van der Waals surface area contributed by atoms with Gasteiger partial charge in [0, 0.05) is 48.5 Å². The third-order valence-electron chi connectivity index (χ3n) is 5.16. The van der Waals surface area contributed by atoms with Gasteiger partial charge in [-0.1, -0.05) is 11.6 Å². The number of nitrogens with zero attached hydrogens (tertiary/aromatic N) is 4. The molecule has 0 atom stereocenters. The lowest BCUT2D eigenvalue weighted by molar-refractivity contribution is 0.0526. The van der Waals surface area contributed by atoms with E-state index in [1.54, 1.807) is 31.5 Å². The Kier molecular flexibility index (Phi) is 6.80. The molecule has 7 nitrogen and oxygen atoms in total. The maximum atomic E-state index is 13.5. The molecule has 1 aliphatic rings. The molecule has 0 unspecified atom stereocenters. The van der Waals surface area contributed by atoms with Gasteiger partial charge < -0.3 is 15.0 Å². The number of piperidine rings is 1. The molecule has 1 aliphatic heterocycles. The number of anilines is 3. The smallest absolute Gasteiger partial charge is 0.339 e. The minimum atomic E-state index is -0.489. The Hall–Kier alpha value is -3.26. The van der Waals surface area contributed by atoms with E-state index in [9.17, 15) is 9.18 Å². The van der Waals surface area contributed by atoms with Crippen molar-refractivity contribution in [3.05, 3.63) is 59.3 Å². The molecular weight excluding hydrogens is 433 g/mol. The molecule has 2 aromatic heterocycles. The van der Waals surface area contributed by atoms with Crippen LogP contribution in [0.2, 0.25) is 5.02 Å². The molecule has 3 heterocycles. The SMILES string of the molecule is CCOC(=O)c1cncc(-c2cnc(Nc3ccc(F)c(Cl)c3)nc2N2CCCCC2)c1. The number of hydrogen-bond acceptors (Lipinski definition) is 7. The average Bonchev–Trinajstić information content (AvgIpc) is 2.82. The van der Waals surface area contributed by atoms with Gasteiger partial charge in [0.05, 0.1) is 17.2 Å². The molecule has 166 valence electrons. The van der Waals surface area contributed by atoms with Crippen molar-refractivity contribution in [2.45, 2.75) is 26.2 Å². The van der Waals surface area contributed by atoms with Gasteiger partial charge in [-0.25, -0.2) is 14.2 Å². The summed E-state index contributed by atoms with van der Waals surface area (Å²) in [5.41, 5.74) is 2.46. The van der Waals surface area contributed by atoms with Gasteiger partial charge in [-0.3, -0.25) is 4.98 Å². The fourth-order valence-corrected chi connectivity index (χ4v) is 3.78. The number of carbonyl (C=O) groups is 1. The lowest BCUT2D eigenvalue weighted by Gasteiger charge is -2.29. The quantitative estimate of drug-likeness (QED) is 0.509. The highest BCUT2D eigenvalue weighted by molar-refractivity contribution is 6.31. The first-order chi connectivity index (χ1) is 15.5. The molecule has 0 aliphatic carbocycles. The lowest BCUT2D eigenvalue weighted by atomic mass is 10.1. The lowest BCUT2D eigenvalue weighted by Crippen LogP contribution is -2.31. The Balaban J connectivity index is 1.71. The third-order valence-corrected chi connectivity index (χ3v) is 5.45.